The molecule has 1 aliphatic rings. The van der Waals surface area contributed by atoms with Crippen molar-refractivity contribution < 1.29 is 44.5 Å². The first-order valence-corrected chi connectivity index (χ1v) is 25.4. The van der Waals surface area contributed by atoms with Gasteiger partial charge in [-0.1, -0.05) is 232 Å². The highest BCUT2D eigenvalue weighted by molar-refractivity contribution is 5.67. The molecular weight excluding hydrogens is 747 g/mol. The van der Waals surface area contributed by atoms with E-state index in [1.165, 1.54) is 186 Å². The van der Waals surface area contributed by atoms with Crippen LogP contribution in [-0.2, 0) is 14.2 Å². The SMILES string of the molecule is CCCCCCCCCCCCCCCCCCCCCCCCOC(=O)N[C@@H](CO[C@H]1OC(CO)[C@H](O)C(O)C1O)[C@H](O)CCCCCCCCCCCCCCC. The van der Waals surface area contributed by atoms with Crippen LogP contribution in [0.3, 0.4) is 0 Å². The average Bonchev–Trinajstić information content (AvgIpc) is 3.23. The van der Waals surface area contributed by atoms with Crippen LogP contribution in [0, 0.1) is 0 Å². The molecule has 1 fully saturated rings. The Bertz CT molecular complexity index is 896. The van der Waals surface area contributed by atoms with Crippen LogP contribution in [0.4, 0.5) is 4.79 Å². The molecule has 0 aromatic heterocycles. The molecule has 0 aliphatic carbocycles. The van der Waals surface area contributed by atoms with Gasteiger partial charge in [-0.3, -0.25) is 0 Å². The Balaban J connectivity index is 2.21. The number of amides is 1. The predicted molar refractivity (Wildman–Crippen MR) is 242 cm³/mol. The summed E-state index contributed by atoms with van der Waals surface area (Å²) >= 11 is 0. The van der Waals surface area contributed by atoms with Crippen LogP contribution in [0.2, 0.25) is 0 Å². The van der Waals surface area contributed by atoms with Crippen LogP contribution in [0.25, 0.3) is 0 Å². The first-order chi connectivity index (χ1) is 28.8. The zero-order valence-corrected chi connectivity index (χ0v) is 38.5. The first kappa shape index (κ1) is 56.0. The minimum absolute atomic E-state index is 0.212. The highest BCUT2D eigenvalue weighted by atomic mass is 16.7. The Morgan fingerprint density at radius 3 is 1.25 bits per heavy atom. The molecule has 6 N–H and O–H groups in total. The number of hydrogen-bond donors (Lipinski definition) is 6. The van der Waals surface area contributed by atoms with Gasteiger partial charge in [0.25, 0.3) is 0 Å². The number of nitrogens with one attached hydrogen (secondary N) is 1. The van der Waals surface area contributed by atoms with Crippen LogP contribution in [0.5, 0.6) is 0 Å². The topological polar surface area (TPSA) is 158 Å². The molecule has 59 heavy (non-hydrogen) atoms. The number of aliphatic hydroxyl groups excluding tert-OH is 5. The van der Waals surface area contributed by atoms with Crippen LogP contribution in [0.1, 0.15) is 245 Å². The summed E-state index contributed by atoms with van der Waals surface area (Å²) in [5.74, 6) is 0. The van der Waals surface area contributed by atoms with Crippen molar-refractivity contribution in [2.45, 2.75) is 288 Å². The van der Waals surface area contributed by atoms with E-state index in [2.05, 4.69) is 19.2 Å². The lowest BCUT2D eigenvalue weighted by molar-refractivity contribution is -0.302. The van der Waals surface area contributed by atoms with Gasteiger partial charge in [-0.2, -0.15) is 0 Å². The number of hydrogen-bond acceptors (Lipinski definition) is 9. The lowest BCUT2D eigenvalue weighted by Gasteiger charge is -2.40. The fourth-order valence-corrected chi connectivity index (χ4v) is 8.29. The molecule has 1 amide bonds. The lowest BCUT2D eigenvalue weighted by Crippen LogP contribution is -2.60. The van der Waals surface area contributed by atoms with Crippen molar-refractivity contribution in [3.63, 3.8) is 0 Å². The third-order valence-electron chi connectivity index (χ3n) is 12.4. The van der Waals surface area contributed by atoms with Crippen LogP contribution < -0.4 is 5.32 Å². The largest absolute Gasteiger partial charge is 0.450 e. The Morgan fingerprint density at radius 1 is 0.525 bits per heavy atom. The van der Waals surface area contributed by atoms with Crippen LogP contribution >= 0.6 is 0 Å². The normalized spacial score (nSPS) is 20.5. The Morgan fingerprint density at radius 2 is 0.881 bits per heavy atom. The van der Waals surface area contributed by atoms with E-state index in [1.54, 1.807) is 0 Å². The van der Waals surface area contributed by atoms with Gasteiger partial charge in [-0.25, -0.2) is 4.79 Å². The zero-order chi connectivity index (χ0) is 43.0. The summed E-state index contributed by atoms with van der Waals surface area (Å²) in [6, 6.07) is -0.836. The van der Waals surface area contributed by atoms with E-state index in [0.29, 0.717) is 13.0 Å². The number of rotatable bonds is 43. The van der Waals surface area contributed by atoms with Gasteiger partial charge in [0.1, 0.15) is 24.4 Å². The summed E-state index contributed by atoms with van der Waals surface area (Å²) in [5, 5.41) is 54.1. The quantitative estimate of drug-likeness (QED) is 0.0329. The minimum atomic E-state index is -1.57. The smallest absolute Gasteiger partial charge is 0.407 e. The lowest BCUT2D eigenvalue weighted by atomic mass is 9.99. The number of ether oxygens (including phenoxy) is 3. The van der Waals surface area contributed by atoms with Gasteiger partial charge in [0, 0.05) is 0 Å². The fraction of sp³-hybridized carbons (Fsp3) is 0.980. The molecule has 1 saturated heterocycles. The van der Waals surface area contributed by atoms with E-state index in [-0.39, 0.29) is 6.61 Å². The van der Waals surface area contributed by atoms with Gasteiger partial charge in [0.05, 0.1) is 32.0 Å². The maximum Gasteiger partial charge on any atom is 0.407 e. The zero-order valence-electron chi connectivity index (χ0n) is 38.5. The third-order valence-corrected chi connectivity index (χ3v) is 12.4. The number of alkyl carbamates (subject to hydrolysis) is 1. The maximum atomic E-state index is 12.8. The van der Waals surface area contributed by atoms with Gasteiger partial charge in [-0.05, 0) is 12.8 Å². The molecule has 0 bridgehead atoms. The number of carbonyl (C=O) groups excluding carboxylic acids is 1. The average molecular weight is 844 g/mol. The van der Waals surface area contributed by atoms with E-state index >= 15 is 0 Å². The number of aliphatic hydroxyl groups is 5. The standard InChI is InChI=1S/C49H97NO9/c1-3-5-7-9-11-13-15-17-18-19-20-21-22-23-24-25-27-29-31-33-35-37-39-57-49(56)50-42(41-58-48-47(55)46(54)45(53)44(40-51)59-48)43(52)38-36-34-32-30-28-26-16-14-12-10-8-6-4-2/h42-48,51-55H,3-41H2,1-2H3,(H,50,56)/t42-,43+,44?,45-,46?,47?,48-/m0/s1. The second-order valence-electron chi connectivity index (χ2n) is 17.9. The second kappa shape index (κ2) is 41.0. The highest BCUT2D eigenvalue weighted by Gasteiger charge is 2.44. The number of unbranched alkanes of at least 4 members (excludes halogenated alkanes) is 33. The molecule has 1 rings (SSSR count). The van der Waals surface area contributed by atoms with E-state index in [0.717, 1.165) is 38.5 Å². The third kappa shape index (κ3) is 31.5. The summed E-state index contributed by atoms with van der Waals surface area (Å²) in [7, 11) is 0. The molecule has 3 unspecified atom stereocenters. The molecule has 0 aromatic rings. The molecular formula is C49H97NO9. The summed E-state index contributed by atoms with van der Waals surface area (Å²) in [6.07, 6.45) is 36.8. The van der Waals surface area contributed by atoms with Crippen molar-refractivity contribution in [3.05, 3.63) is 0 Å². The molecule has 0 saturated carbocycles. The molecule has 7 atom stereocenters. The molecule has 1 heterocycles. The summed E-state index contributed by atoms with van der Waals surface area (Å²) in [6.45, 7) is 4.04. The number of carbonyl (C=O) groups is 1. The van der Waals surface area contributed by atoms with Gasteiger partial charge >= 0.3 is 6.09 Å². The van der Waals surface area contributed by atoms with Crippen molar-refractivity contribution >= 4 is 6.09 Å². The first-order valence-electron chi connectivity index (χ1n) is 25.4. The van der Waals surface area contributed by atoms with E-state index in [1.807, 2.05) is 0 Å². The molecule has 0 aromatic carbocycles. The van der Waals surface area contributed by atoms with Crippen molar-refractivity contribution in [3.8, 4) is 0 Å². The highest BCUT2D eigenvalue weighted by Crippen LogP contribution is 2.23. The van der Waals surface area contributed by atoms with E-state index in [4.69, 9.17) is 14.2 Å². The predicted octanol–water partition coefficient (Wildman–Crippen LogP) is 11.3. The van der Waals surface area contributed by atoms with Crippen molar-refractivity contribution in [1.82, 2.24) is 5.32 Å². The second-order valence-corrected chi connectivity index (χ2v) is 17.9. The fourth-order valence-electron chi connectivity index (χ4n) is 8.29. The monoisotopic (exact) mass is 844 g/mol. The molecule has 10 heteroatoms. The molecule has 352 valence electrons. The Labute approximate surface area is 362 Å². The van der Waals surface area contributed by atoms with Crippen LogP contribution in [0.15, 0.2) is 0 Å². The van der Waals surface area contributed by atoms with E-state index < -0.39 is 55.6 Å². The Kier molecular flexibility index (Phi) is 38.9. The van der Waals surface area contributed by atoms with Crippen molar-refractivity contribution in [1.29, 1.82) is 0 Å². The summed E-state index contributed by atoms with van der Waals surface area (Å²) in [5.41, 5.74) is 0. The van der Waals surface area contributed by atoms with Gasteiger partial charge in [-0.15, -0.1) is 0 Å². The van der Waals surface area contributed by atoms with Crippen LogP contribution in [-0.4, -0.2) is 94.3 Å². The maximum absolute atomic E-state index is 12.8. The molecule has 1 aliphatic heterocycles. The molecule has 10 nitrogen and oxygen atoms in total. The Hall–Kier alpha value is -1.01. The van der Waals surface area contributed by atoms with Gasteiger partial charge in [0.15, 0.2) is 6.29 Å². The van der Waals surface area contributed by atoms with Crippen molar-refractivity contribution in [2.75, 3.05) is 19.8 Å². The molecule has 0 spiro atoms. The molecule has 0 radical (unpaired) electrons. The van der Waals surface area contributed by atoms with Gasteiger partial charge in [0.2, 0.25) is 0 Å². The summed E-state index contributed by atoms with van der Waals surface area (Å²) < 4.78 is 16.7. The van der Waals surface area contributed by atoms with Crippen molar-refractivity contribution in [2.24, 2.45) is 0 Å². The van der Waals surface area contributed by atoms with Gasteiger partial charge < -0.3 is 45.1 Å². The van der Waals surface area contributed by atoms with E-state index in [9.17, 15) is 30.3 Å². The summed E-state index contributed by atoms with van der Waals surface area (Å²) in [4.78, 5) is 12.8. The minimum Gasteiger partial charge on any atom is -0.450 e.